The standard InChI is InChI=1S/C24H24N4O2S/c1-16-9-10-31-21(16)15-27(19-7-8-19)24(30)18-11-20-23(25-12-18)26-13-22(29)28(20)14-17-5-3-2-4-6-17/h2-6,9-12,19H,7-8,13-15H2,1H3,(H,25,26). The third kappa shape index (κ3) is 4.05. The van der Waals surface area contributed by atoms with Crippen LogP contribution in [-0.2, 0) is 17.9 Å². The first-order chi connectivity index (χ1) is 15.1. The van der Waals surface area contributed by atoms with Gasteiger partial charge in [-0.15, -0.1) is 11.3 Å². The number of amides is 2. The molecular weight excluding hydrogens is 408 g/mol. The van der Waals surface area contributed by atoms with Crippen LogP contribution in [0.5, 0.6) is 0 Å². The predicted molar refractivity (Wildman–Crippen MR) is 122 cm³/mol. The van der Waals surface area contributed by atoms with Crippen molar-refractivity contribution in [3.05, 3.63) is 75.6 Å². The molecule has 0 radical (unpaired) electrons. The smallest absolute Gasteiger partial charge is 0.256 e. The second-order valence-electron chi connectivity index (χ2n) is 8.10. The lowest BCUT2D eigenvalue weighted by Gasteiger charge is -2.30. The van der Waals surface area contributed by atoms with Crippen molar-refractivity contribution in [1.82, 2.24) is 9.88 Å². The van der Waals surface area contributed by atoms with Gasteiger partial charge in [0.15, 0.2) is 5.82 Å². The van der Waals surface area contributed by atoms with Crippen molar-refractivity contribution < 1.29 is 9.59 Å². The number of fused-ring (bicyclic) bond motifs is 1. The Morgan fingerprint density at radius 1 is 1.26 bits per heavy atom. The molecule has 2 aromatic heterocycles. The summed E-state index contributed by atoms with van der Waals surface area (Å²) >= 11 is 1.69. The van der Waals surface area contributed by atoms with Crippen LogP contribution < -0.4 is 10.2 Å². The maximum atomic E-state index is 13.5. The molecule has 1 aromatic carbocycles. The number of benzene rings is 1. The molecule has 0 unspecified atom stereocenters. The van der Waals surface area contributed by atoms with E-state index in [9.17, 15) is 9.59 Å². The van der Waals surface area contributed by atoms with Gasteiger partial charge in [-0.25, -0.2) is 4.98 Å². The van der Waals surface area contributed by atoms with Crippen LogP contribution in [0.3, 0.4) is 0 Å². The molecular formula is C24H24N4O2S. The topological polar surface area (TPSA) is 65.5 Å². The van der Waals surface area contributed by atoms with E-state index >= 15 is 0 Å². The van der Waals surface area contributed by atoms with Crippen molar-refractivity contribution in [3.63, 3.8) is 0 Å². The highest BCUT2D eigenvalue weighted by atomic mass is 32.1. The quantitative estimate of drug-likeness (QED) is 0.634. The Bertz CT molecular complexity index is 1120. The lowest BCUT2D eigenvalue weighted by atomic mass is 10.1. The summed E-state index contributed by atoms with van der Waals surface area (Å²) < 4.78 is 0. The Balaban J connectivity index is 1.44. The zero-order chi connectivity index (χ0) is 21.4. The second-order valence-corrected chi connectivity index (χ2v) is 9.10. The molecule has 1 aliphatic heterocycles. The summed E-state index contributed by atoms with van der Waals surface area (Å²) in [5, 5.41) is 5.15. The van der Waals surface area contributed by atoms with Crippen LogP contribution >= 0.6 is 11.3 Å². The van der Waals surface area contributed by atoms with Crippen molar-refractivity contribution in [1.29, 1.82) is 0 Å². The lowest BCUT2D eigenvalue weighted by Crippen LogP contribution is -2.40. The molecule has 1 aliphatic carbocycles. The molecule has 0 saturated heterocycles. The van der Waals surface area contributed by atoms with E-state index in [1.807, 2.05) is 41.3 Å². The largest absolute Gasteiger partial charge is 0.359 e. The van der Waals surface area contributed by atoms with Crippen LogP contribution in [0.4, 0.5) is 11.5 Å². The minimum atomic E-state index is -0.0315. The summed E-state index contributed by atoms with van der Waals surface area (Å²) in [4.78, 5) is 35.5. The third-order valence-corrected chi connectivity index (χ3v) is 6.84. The van der Waals surface area contributed by atoms with E-state index in [0.717, 1.165) is 18.4 Å². The number of rotatable bonds is 6. The molecule has 2 aliphatic rings. The Hall–Kier alpha value is -3.19. The number of thiophene rings is 1. The van der Waals surface area contributed by atoms with Crippen LogP contribution in [0.2, 0.25) is 0 Å². The van der Waals surface area contributed by atoms with Gasteiger partial charge >= 0.3 is 0 Å². The Kier molecular flexibility index (Phi) is 5.19. The summed E-state index contributed by atoms with van der Waals surface area (Å²) in [6, 6.07) is 14.1. The van der Waals surface area contributed by atoms with E-state index in [4.69, 9.17) is 0 Å². The number of anilines is 2. The number of hydrogen-bond donors (Lipinski definition) is 1. The van der Waals surface area contributed by atoms with Crippen molar-refractivity contribution in [2.75, 3.05) is 16.8 Å². The number of carbonyl (C=O) groups is 2. The van der Waals surface area contributed by atoms with Gasteiger partial charge in [-0.1, -0.05) is 30.3 Å². The number of nitrogens with zero attached hydrogens (tertiary/aromatic N) is 3. The SMILES string of the molecule is Cc1ccsc1CN(C(=O)c1cnc2c(c1)N(Cc1ccccc1)C(=O)CN2)C1CC1. The van der Waals surface area contributed by atoms with E-state index < -0.39 is 0 Å². The van der Waals surface area contributed by atoms with Crippen LogP contribution in [0, 0.1) is 6.92 Å². The highest BCUT2D eigenvalue weighted by molar-refractivity contribution is 7.10. The number of carbonyl (C=O) groups excluding carboxylic acids is 2. The van der Waals surface area contributed by atoms with Gasteiger partial charge < -0.3 is 15.1 Å². The molecule has 158 valence electrons. The number of nitrogens with one attached hydrogen (secondary N) is 1. The fourth-order valence-corrected chi connectivity index (χ4v) is 4.78. The van der Waals surface area contributed by atoms with Gasteiger partial charge in [0, 0.05) is 17.1 Å². The Morgan fingerprint density at radius 2 is 2.06 bits per heavy atom. The molecule has 1 N–H and O–H groups in total. The monoisotopic (exact) mass is 432 g/mol. The maximum absolute atomic E-state index is 13.5. The molecule has 0 spiro atoms. The van der Waals surface area contributed by atoms with Gasteiger partial charge in [0.2, 0.25) is 5.91 Å². The fraction of sp³-hybridized carbons (Fsp3) is 0.292. The van der Waals surface area contributed by atoms with Gasteiger partial charge in [0.05, 0.1) is 30.9 Å². The highest BCUT2D eigenvalue weighted by Crippen LogP contribution is 2.34. The normalized spacial score (nSPS) is 15.4. The molecule has 3 heterocycles. The van der Waals surface area contributed by atoms with Crippen LogP contribution in [-0.4, -0.2) is 34.3 Å². The maximum Gasteiger partial charge on any atom is 0.256 e. The van der Waals surface area contributed by atoms with Crippen molar-refractivity contribution >= 4 is 34.7 Å². The van der Waals surface area contributed by atoms with Crippen LogP contribution in [0.15, 0.2) is 54.0 Å². The van der Waals surface area contributed by atoms with Crippen molar-refractivity contribution in [2.24, 2.45) is 0 Å². The molecule has 1 fully saturated rings. The van der Waals surface area contributed by atoms with Gasteiger partial charge in [-0.2, -0.15) is 0 Å². The van der Waals surface area contributed by atoms with Gasteiger partial charge in [-0.05, 0) is 48.4 Å². The first kappa shape index (κ1) is 19.8. The number of aromatic nitrogens is 1. The lowest BCUT2D eigenvalue weighted by molar-refractivity contribution is -0.117. The average Bonchev–Trinajstić information content (AvgIpc) is 3.55. The van der Waals surface area contributed by atoms with Crippen molar-refractivity contribution in [3.8, 4) is 0 Å². The molecule has 3 aromatic rings. The molecule has 31 heavy (non-hydrogen) atoms. The molecule has 0 bridgehead atoms. The first-order valence-corrected chi connectivity index (χ1v) is 11.4. The number of hydrogen-bond acceptors (Lipinski definition) is 5. The van der Waals surface area contributed by atoms with Gasteiger partial charge in [-0.3, -0.25) is 9.59 Å². The van der Waals surface area contributed by atoms with Gasteiger partial charge in [0.25, 0.3) is 5.91 Å². The third-order valence-electron chi connectivity index (χ3n) is 5.83. The average molecular weight is 433 g/mol. The highest BCUT2D eigenvalue weighted by Gasteiger charge is 2.34. The molecule has 2 amide bonds. The van der Waals surface area contributed by atoms with Crippen LogP contribution in [0.25, 0.3) is 0 Å². The zero-order valence-electron chi connectivity index (χ0n) is 17.4. The molecule has 1 saturated carbocycles. The Labute approximate surface area is 185 Å². The molecule has 5 rings (SSSR count). The zero-order valence-corrected chi connectivity index (χ0v) is 18.2. The van der Waals surface area contributed by atoms with E-state index in [2.05, 4.69) is 28.7 Å². The second kappa shape index (κ2) is 8.15. The summed E-state index contributed by atoms with van der Waals surface area (Å²) in [7, 11) is 0. The van der Waals surface area contributed by atoms with E-state index in [1.165, 1.54) is 10.4 Å². The number of pyridine rings is 1. The summed E-state index contributed by atoms with van der Waals surface area (Å²) in [5.41, 5.74) is 3.44. The minimum absolute atomic E-state index is 0.0247. The van der Waals surface area contributed by atoms with Gasteiger partial charge in [0.1, 0.15) is 0 Å². The van der Waals surface area contributed by atoms with E-state index in [-0.39, 0.29) is 24.4 Å². The molecule has 0 atom stereocenters. The summed E-state index contributed by atoms with van der Waals surface area (Å²) in [5.74, 6) is 0.582. The van der Waals surface area contributed by atoms with Crippen molar-refractivity contribution in [2.45, 2.75) is 38.9 Å². The van der Waals surface area contributed by atoms with Crippen LogP contribution in [0.1, 0.15) is 39.2 Å². The molecule has 7 heteroatoms. The van der Waals surface area contributed by atoms with E-state index in [0.29, 0.717) is 30.2 Å². The Morgan fingerprint density at radius 3 is 2.77 bits per heavy atom. The van der Waals surface area contributed by atoms with E-state index in [1.54, 1.807) is 22.4 Å². The number of aryl methyl sites for hydroxylation is 1. The molecule has 6 nitrogen and oxygen atoms in total. The first-order valence-electron chi connectivity index (χ1n) is 10.5. The predicted octanol–water partition coefficient (Wildman–Crippen LogP) is 4.22. The summed E-state index contributed by atoms with van der Waals surface area (Å²) in [6.45, 7) is 3.36. The minimum Gasteiger partial charge on any atom is -0.359 e. The summed E-state index contributed by atoms with van der Waals surface area (Å²) in [6.07, 6.45) is 3.70. The fourth-order valence-electron chi connectivity index (χ4n) is 3.88.